The summed E-state index contributed by atoms with van der Waals surface area (Å²) in [5, 5.41) is 5.92. The Bertz CT molecular complexity index is 1000. The fourth-order valence-electron chi connectivity index (χ4n) is 3.34. The van der Waals surface area contributed by atoms with Crippen LogP contribution in [0.3, 0.4) is 0 Å². The van der Waals surface area contributed by atoms with Gasteiger partial charge < -0.3 is 10.2 Å². The molecule has 0 saturated carbocycles. The summed E-state index contributed by atoms with van der Waals surface area (Å²) in [6, 6.07) is 14.3. The van der Waals surface area contributed by atoms with Crippen LogP contribution in [0.1, 0.15) is 0 Å². The number of nitrogens with zero attached hydrogens (tertiary/aromatic N) is 3. The lowest BCUT2D eigenvalue weighted by Crippen LogP contribution is -2.48. The van der Waals surface area contributed by atoms with Crippen LogP contribution in [-0.4, -0.2) is 48.5 Å². The topological polar surface area (TPSA) is 48.5 Å². The molecule has 1 amide bonds. The summed E-state index contributed by atoms with van der Waals surface area (Å²) >= 11 is 7.58. The second-order valence-electron chi connectivity index (χ2n) is 6.78. The van der Waals surface area contributed by atoms with Crippen LogP contribution < -0.4 is 10.2 Å². The van der Waals surface area contributed by atoms with Crippen LogP contribution in [0.2, 0.25) is 5.02 Å². The molecule has 150 valence electrons. The summed E-state index contributed by atoms with van der Waals surface area (Å²) in [4.78, 5) is 21.0. The zero-order valence-electron chi connectivity index (χ0n) is 15.6. The Morgan fingerprint density at radius 1 is 1.10 bits per heavy atom. The van der Waals surface area contributed by atoms with Crippen LogP contribution in [0.4, 0.5) is 15.2 Å². The fraction of sp³-hybridized carbons (Fsp3) is 0.238. The van der Waals surface area contributed by atoms with E-state index in [4.69, 9.17) is 11.6 Å². The predicted octanol–water partition coefficient (Wildman–Crippen LogP) is 4.36. The van der Waals surface area contributed by atoms with Gasteiger partial charge in [0.25, 0.3) is 0 Å². The van der Waals surface area contributed by atoms with Crippen LogP contribution in [0, 0.1) is 5.82 Å². The van der Waals surface area contributed by atoms with Crippen molar-refractivity contribution < 1.29 is 9.18 Å². The number of para-hydroxylation sites is 1. The largest absolute Gasteiger partial charge is 0.367 e. The van der Waals surface area contributed by atoms with Crippen LogP contribution in [0.25, 0.3) is 11.3 Å². The summed E-state index contributed by atoms with van der Waals surface area (Å²) in [7, 11) is 0. The van der Waals surface area contributed by atoms with Gasteiger partial charge in [0.1, 0.15) is 5.82 Å². The second-order valence-corrected chi connectivity index (χ2v) is 8.05. The maximum Gasteiger partial charge on any atom is 0.240 e. The zero-order chi connectivity index (χ0) is 20.2. The first-order chi connectivity index (χ1) is 14.1. The maximum absolute atomic E-state index is 13.9. The number of piperazine rings is 1. The molecular formula is C21H20ClFN4OS. The maximum atomic E-state index is 13.9. The van der Waals surface area contributed by atoms with Gasteiger partial charge in [-0.15, -0.1) is 11.3 Å². The minimum Gasteiger partial charge on any atom is -0.367 e. The van der Waals surface area contributed by atoms with E-state index in [0.717, 1.165) is 11.3 Å². The molecular weight excluding hydrogens is 411 g/mol. The fourth-order valence-corrected chi connectivity index (χ4v) is 4.30. The van der Waals surface area contributed by atoms with E-state index < -0.39 is 0 Å². The normalized spacial score (nSPS) is 14.8. The highest BCUT2D eigenvalue weighted by atomic mass is 35.5. The van der Waals surface area contributed by atoms with E-state index in [2.05, 4.69) is 15.2 Å². The van der Waals surface area contributed by atoms with Crippen LogP contribution >= 0.6 is 22.9 Å². The van der Waals surface area contributed by atoms with Gasteiger partial charge in [-0.2, -0.15) is 0 Å². The van der Waals surface area contributed by atoms with E-state index in [1.807, 2.05) is 40.6 Å². The first-order valence-corrected chi connectivity index (χ1v) is 10.6. The van der Waals surface area contributed by atoms with Crippen LogP contribution in [0.15, 0.2) is 53.9 Å². The van der Waals surface area contributed by atoms with Gasteiger partial charge in [-0.25, -0.2) is 9.37 Å². The summed E-state index contributed by atoms with van der Waals surface area (Å²) in [6.07, 6.45) is 0. The van der Waals surface area contributed by atoms with E-state index in [0.29, 0.717) is 42.0 Å². The number of nitrogens with one attached hydrogen (secondary N) is 1. The molecule has 1 N–H and O–H groups in total. The highest BCUT2D eigenvalue weighted by Crippen LogP contribution is 2.30. The molecule has 2 aromatic carbocycles. The van der Waals surface area contributed by atoms with Crippen molar-refractivity contribution in [2.45, 2.75) is 0 Å². The Kier molecular flexibility index (Phi) is 6.08. The van der Waals surface area contributed by atoms with Gasteiger partial charge in [0.15, 0.2) is 5.13 Å². The number of thiazole rings is 1. The lowest BCUT2D eigenvalue weighted by atomic mass is 10.2. The first-order valence-electron chi connectivity index (χ1n) is 9.32. The molecule has 0 aliphatic carbocycles. The van der Waals surface area contributed by atoms with Crippen molar-refractivity contribution in [3.8, 4) is 11.3 Å². The molecule has 29 heavy (non-hydrogen) atoms. The quantitative estimate of drug-likeness (QED) is 0.653. The molecule has 4 rings (SSSR count). The number of halogens is 2. The highest BCUT2D eigenvalue weighted by molar-refractivity contribution is 7.14. The lowest BCUT2D eigenvalue weighted by Gasteiger charge is -2.35. The average molecular weight is 431 g/mol. The number of aromatic nitrogens is 1. The molecule has 5 nitrogen and oxygen atoms in total. The summed E-state index contributed by atoms with van der Waals surface area (Å²) in [5.74, 6) is -0.318. The number of hydrogen-bond acceptors (Lipinski definition) is 5. The van der Waals surface area contributed by atoms with E-state index in [1.54, 1.807) is 12.1 Å². The molecule has 1 aliphatic rings. The van der Waals surface area contributed by atoms with E-state index in [-0.39, 0.29) is 18.3 Å². The number of carbonyl (C=O) groups excluding carboxylic acids is 1. The van der Waals surface area contributed by atoms with Gasteiger partial charge in [-0.05, 0) is 18.2 Å². The highest BCUT2D eigenvalue weighted by Gasteiger charge is 2.21. The molecule has 3 aromatic rings. The lowest BCUT2D eigenvalue weighted by molar-refractivity contribution is -0.117. The smallest absolute Gasteiger partial charge is 0.240 e. The summed E-state index contributed by atoms with van der Waals surface area (Å²) < 4.78 is 13.9. The number of amides is 1. The van der Waals surface area contributed by atoms with Gasteiger partial charge >= 0.3 is 0 Å². The Morgan fingerprint density at radius 3 is 2.59 bits per heavy atom. The molecule has 1 fully saturated rings. The number of anilines is 2. The van der Waals surface area contributed by atoms with Gasteiger partial charge in [0.2, 0.25) is 5.91 Å². The van der Waals surface area contributed by atoms with Crippen molar-refractivity contribution in [2.24, 2.45) is 0 Å². The number of benzene rings is 2. The second kappa shape index (κ2) is 8.90. The summed E-state index contributed by atoms with van der Waals surface area (Å²) in [5.41, 5.74) is 2.20. The first kappa shape index (κ1) is 19.8. The summed E-state index contributed by atoms with van der Waals surface area (Å²) in [6.45, 7) is 3.05. The molecule has 0 atom stereocenters. The van der Waals surface area contributed by atoms with E-state index in [9.17, 15) is 9.18 Å². The van der Waals surface area contributed by atoms with Crippen molar-refractivity contribution >= 4 is 39.7 Å². The molecule has 1 saturated heterocycles. The number of rotatable bonds is 5. The van der Waals surface area contributed by atoms with Gasteiger partial charge in [-0.3, -0.25) is 9.69 Å². The van der Waals surface area contributed by atoms with Crippen LogP contribution in [-0.2, 0) is 4.79 Å². The van der Waals surface area contributed by atoms with E-state index >= 15 is 0 Å². The molecule has 0 unspecified atom stereocenters. The Hall–Kier alpha value is -2.48. The van der Waals surface area contributed by atoms with E-state index in [1.165, 1.54) is 17.4 Å². The number of hydrogen-bond donors (Lipinski definition) is 1. The third kappa shape index (κ3) is 4.75. The minimum absolute atomic E-state index is 0.107. The molecule has 8 heteroatoms. The molecule has 0 spiro atoms. The van der Waals surface area contributed by atoms with Gasteiger partial charge in [0, 0.05) is 42.1 Å². The monoisotopic (exact) mass is 430 g/mol. The van der Waals surface area contributed by atoms with Crippen molar-refractivity contribution in [1.29, 1.82) is 0 Å². The number of carbonyl (C=O) groups is 1. The third-order valence-corrected chi connectivity index (χ3v) is 5.92. The van der Waals surface area contributed by atoms with Gasteiger partial charge in [-0.1, -0.05) is 41.9 Å². The Labute approximate surface area is 177 Å². The molecule has 0 radical (unpaired) electrons. The van der Waals surface area contributed by atoms with Crippen molar-refractivity contribution in [2.75, 3.05) is 42.9 Å². The molecule has 2 heterocycles. The third-order valence-electron chi connectivity index (χ3n) is 4.83. The standard InChI is InChI=1S/C21H20ClFN4OS/c22-16-6-2-1-5-15(16)18-14-29-21(24-18)25-20(28)13-26-9-11-27(12-10-26)19-8-4-3-7-17(19)23/h1-8,14H,9-13H2,(H,24,25,28). The van der Waals surface area contributed by atoms with Gasteiger partial charge in [0.05, 0.1) is 17.9 Å². The Morgan fingerprint density at radius 2 is 1.83 bits per heavy atom. The predicted molar refractivity (Wildman–Crippen MR) is 116 cm³/mol. The molecule has 0 bridgehead atoms. The molecule has 1 aliphatic heterocycles. The zero-order valence-corrected chi connectivity index (χ0v) is 17.2. The van der Waals surface area contributed by atoms with Crippen LogP contribution in [0.5, 0.6) is 0 Å². The minimum atomic E-state index is -0.211. The van der Waals surface area contributed by atoms with Crippen molar-refractivity contribution in [1.82, 2.24) is 9.88 Å². The SMILES string of the molecule is O=C(CN1CCN(c2ccccc2F)CC1)Nc1nc(-c2ccccc2Cl)cs1. The Balaban J connectivity index is 1.30. The van der Waals surface area contributed by atoms with Crippen molar-refractivity contribution in [3.05, 3.63) is 64.8 Å². The average Bonchev–Trinajstić information content (AvgIpc) is 3.17. The van der Waals surface area contributed by atoms with Crippen molar-refractivity contribution in [3.63, 3.8) is 0 Å². The molecule has 1 aromatic heterocycles.